The van der Waals surface area contributed by atoms with E-state index in [0.29, 0.717) is 18.2 Å². The Labute approximate surface area is 259 Å². The van der Waals surface area contributed by atoms with Crippen LogP contribution in [-0.2, 0) is 26.0 Å². The number of aliphatic imine (C=N–C) groups is 1. The van der Waals surface area contributed by atoms with Crippen molar-refractivity contribution in [3.05, 3.63) is 112 Å². The lowest BCUT2D eigenvalue weighted by atomic mass is 9.95. The number of nitrogens with zero attached hydrogens (tertiary/aromatic N) is 1. The van der Waals surface area contributed by atoms with Crippen molar-refractivity contribution in [1.29, 1.82) is 0 Å². The van der Waals surface area contributed by atoms with Crippen molar-refractivity contribution in [2.75, 3.05) is 0 Å². The van der Waals surface area contributed by atoms with E-state index in [1.165, 1.54) is 10.4 Å². The smallest absolute Gasteiger partial charge is 0.254 e. The lowest BCUT2D eigenvalue weighted by Gasteiger charge is -2.13. The molecule has 0 unspecified atom stereocenters. The van der Waals surface area contributed by atoms with Crippen molar-refractivity contribution in [3.8, 4) is 5.75 Å². The van der Waals surface area contributed by atoms with Crippen molar-refractivity contribution < 1.29 is 9.53 Å². The molecule has 1 N–H and O–H groups in total. The lowest BCUT2D eigenvalue weighted by Crippen LogP contribution is -2.24. The minimum Gasteiger partial charge on any atom is -0.487 e. The Morgan fingerprint density at radius 3 is 2.50 bits per heavy atom. The summed E-state index contributed by atoms with van der Waals surface area (Å²) >= 11 is 12.5. The van der Waals surface area contributed by atoms with E-state index in [9.17, 15) is 4.79 Å². The fourth-order valence-corrected chi connectivity index (χ4v) is 7.98. The normalized spacial score (nSPS) is 12.9. The van der Waals surface area contributed by atoms with Gasteiger partial charge in [0.05, 0.1) is 12.7 Å². The second kappa shape index (κ2) is 12.9. The molecule has 0 bridgehead atoms. The number of fused-ring (bicyclic) bond motifs is 1. The van der Waals surface area contributed by atoms with Crippen LogP contribution in [0.3, 0.4) is 0 Å². The average Bonchev–Trinajstić information content (AvgIpc) is 3.30. The topological polar surface area (TPSA) is 50.7 Å². The van der Waals surface area contributed by atoms with Gasteiger partial charge in [0, 0.05) is 28.2 Å². The first-order valence-electron chi connectivity index (χ1n) is 12.4. The molecular weight excluding hydrogens is 742 g/mol. The number of nitrogens with one attached hydrogen (secondary N) is 1. The van der Waals surface area contributed by atoms with Gasteiger partial charge in [0.25, 0.3) is 5.91 Å². The summed E-state index contributed by atoms with van der Waals surface area (Å²) in [5, 5.41) is 4.59. The van der Waals surface area contributed by atoms with Gasteiger partial charge in [-0.15, -0.1) is 11.3 Å². The van der Waals surface area contributed by atoms with Gasteiger partial charge in [0.2, 0.25) is 0 Å². The van der Waals surface area contributed by atoms with Crippen LogP contribution in [0.15, 0.2) is 71.7 Å². The van der Waals surface area contributed by atoms with Crippen molar-refractivity contribution in [1.82, 2.24) is 5.32 Å². The third kappa shape index (κ3) is 6.60. The minimum atomic E-state index is -0.0483. The summed E-state index contributed by atoms with van der Waals surface area (Å²) in [4.78, 5) is 19.5. The molecule has 1 aliphatic carbocycles. The predicted octanol–water partition coefficient (Wildman–Crippen LogP) is 8.75. The Bertz CT molecular complexity index is 1460. The molecule has 0 radical (unpaired) electrons. The van der Waals surface area contributed by atoms with Gasteiger partial charge in [-0.3, -0.25) is 4.79 Å². The van der Waals surface area contributed by atoms with Crippen LogP contribution in [0.5, 0.6) is 5.75 Å². The van der Waals surface area contributed by atoms with Crippen LogP contribution in [0.25, 0.3) is 0 Å². The molecule has 1 heterocycles. The quantitative estimate of drug-likeness (QED) is 0.144. The van der Waals surface area contributed by atoms with Crippen LogP contribution >= 0.6 is 68.1 Å². The summed E-state index contributed by atoms with van der Waals surface area (Å²) in [6.07, 6.45) is 6.07. The molecule has 1 amide bonds. The van der Waals surface area contributed by atoms with Crippen LogP contribution in [0, 0.1) is 7.14 Å². The summed E-state index contributed by atoms with van der Waals surface area (Å²) < 4.78 is 8.12. The first-order chi connectivity index (χ1) is 18.5. The van der Waals surface area contributed by atoms with Crippen LogP contribution in [0.4, 0.5) is 5.00 Å². The van der Waals surface area contributed by atoms with Gasteiger partial charge in [-0.25, -0.2) is 4.99 Å². The van der Waals surface area contributed by atoms with Crippen LogP contribution in [-0.4, -0.2) is 12.1 Å². The lowest BCUT2D eigenvalue weighted by molar-refractivity contribution is 0.0951. The number of hydrogen-bond acceptors (Lipinski definition) is 4. The maximum absolute atomic E-state index is 13.3. The third-order valence-electron chi connectivity index (χ3n) is 6.36. The summed E-state index contributed by atoms with van der Waals surface area (Å²) in [6, 6.07) is 21.8. The van der Waals surface area contributed by atoms with E-state index in [-0.39, 0.29) is 5.91 Å². The Kier molecular flexibility index (Phi) is 9.40. The molecule has 0 spiro atoms. The number of amides is 1. The van der Waals surface area contributed by atoms with E-state index < -0.39 is 0 Å². The second-order valence-corrected chi connectivity index (χ2v) is 12.8. The van der Waals surface area contributed by atoms with Gasteiger partial charge < -0.3 is 10.1 Å². The zero-order valence-electron chi connectivity index (χ0n) is 20.5. The zero-order valence-corrected chi connectivity index (χ0v) is 26.4. The number of rotatable bonds is 8. The Balaban J connectivity index is 1.36. The van der Waals surface area contributed by atoms with E-state index in [4.69, 9.17) is 21.3 Å². The third-order valence-corrected chi connectivity index (χ3v) is 9.53. The van der Waals surface area contributed by atoms with E-state index in [1.807, 2.05) is 60.8 Å². The largest absolute Gasteiger partial charge is 0.487 e. The van der Waals surface area contributed by atoms with Gasteiger partial charge in [-0.1, -0.05) is 60.1 Å². The maximum Gasteiger partial charge on any atom is 0.254 e. The highest BCUT2D eigenvalue weighted by Crippen LogP contribution is 2.40. The van der Waals surface area contributed by atoms with Crippen molar-refractivity contribution in [3.63, 3.8) is 0 Å². The average molecular weight is 767 g/mol. The molecule has 4 nitrogen and oxygen atoms in total. The number of thiophene rings is 1. The van der Waals surface area contributed by atoms with Gasteiger partial charge in [0.1, 0.15) is 17.4 Å². The number of ether oxygens (including phenoxy) is 1. The molecule has 0 saturated carbocycles. The molecule has 0 aliphatic heterocycles. The van der Waals surface area contributed by atoms with E-state index >= 15 is 0 Å². The molecule has 0 fully saturated rings. The molecule has 1 aromatic heterocycles. The van der Waals surface area contributed by atoms with E-state index in [0.717, 1.165) is 65.8 Å². The van der Waals surface area contributed by atoms with Gasteiger partial charge in [-0.2, -0.15) is 0 Å². The number of benzene rings is 3. The summed E-state index contributed by atoms with van der Waals surface area (Å²) in [5.41, 5.74) is 4.90. The molecule has 0 saturated heterocycles. The van der Waals surface area contributed by atoms with Crippen molar-refractivity contribution >= 4 is 85.2 Å². The highest BCUT2D eigenvalue weighted by molar-refractivity contribution is 14.1. The number of halogens is 3. The minimum absolute atomic E-state index is 0.0483. The number of carbonyl (C=O) groups is 1. The molecule has 194 valence electrons. The summed E-state index contributed by atoms with van der Waals surface area (Å²) in [7, 11) is 0. The molecule has 0 atom stereocenters. The molecule has 1 aliphatic rings. The van der Waals surface area contributed by atoms with Crippen LogP contribution < -0.4 is 10.1 Å². The first-order valence-corrected chi connectivity index (χ1v) is 15.7. The SMILES string of the molecule is O=C(NCc1ccccc1)c1c(N=Cc2cc(I)c(OCc3ccccc3Cl)c(I)c2)sc2c1CCCC2. The van der Waals surface area contributed by atoms with Gasteiger partial charge >= 0.3 is 0 Å². The molecule has 4 aromatic rings. The highest BCUT2D eigenvalue weighted by atomic mass is 127. The number of carbonyl (C=O) groups excluding carboxylic acids is 1. The van der Waals surface area contributed by atoms with E-state index in [1.54, 1.807) is 11.3 Å². The summed E-state index contributed by atoms with van der Waals surface area (Å²) in [6.45, 7) is 0.904. The Hall–Kier alpha value is -1.95. The zero-order chi connectivity index (χ0) is 26.5. The van der Waals surface area contributed by atoms with E-state index in [2.05, 4.69) is 62.6 Å². The predicted molar refractivity (Wildman–Crippen MR) is 173 cm³/mol. The summed E-state index contributed by atoms with van der Waals surface area (Å²) in [5.74, 6) is 0.781. The van der Waals surface area contributed by atoms with Gasteiger partial charge in [-0.05, 0) is 106 Å². The Morgan fingerprint density at radius 2 is 1.74 bits per heavy atom. The van der Waals surface area contributed by atoms with Crippen molar-refractivity contribution in [2.24, 2.45) is 4.99 Å². The standard InChI is InChI=1S/C30H25ClI2N2O2S/c31-23-12-6-4-10-21(23)18-37-28-24(32)14-20(15-25(28)33)17-35-30-27(22-11-5-7-13-26(22)38-30)29(36)34-16-19-8-2-1-3-9-19/h1-4,6,8-10,12,14-15,17H,5,7,11,13,16,18H2,(H,34,36). The fraction of sp³-hybridized carbons (Fsp3) is 0.200. The van der Waals surface area contributed by atoms with Crippen molar-refractivity contribution in [2.45, 2.75) is 38.8 Å². The van der Waals surface area contributed by atoms with Crippen LogP contribution in [0.2, 0.25) is 5.02 Å². The Morgan fingerprint density at radius 1 is 1.03 bits per heavy atom. The molecule has 38 heavy (non-hydrogen) atoms. The molecule has 5 rings (SSSR count). The number of aryl methyl sites for hydroxylation is 1. The fourth-order valence-electron chi connectivity index (χ4n) is 4.43. The second-order valence-electron chi connectivity index (χ2n) is 9.01. The molecule has 8 heteroatoms. The maximum atomic E-state index is 13.3. The van der Waals surface area contributed by atoms with Crippen LogP contribution in [0.1, 0.15) is 50.3 Å². The monoisotopic (exact) mass is 766 g/mol. The molecule has 3 aromatic carbocycles. The number of hydrogen-bond donors (Lipinski definition) is 1. The highest BCUT2D eigenvalue weighted by Gasteiger charge is 2.25. The first kappa shape index (κ1) is 27.6. The molecular formula is C30H25ClI2N2O2S. The van der Waals surface area contributed by atoms with Gasteiger partial charge in [0.15, 0.2) is 0 Å².